The molecule has 3 aromatic rings. The first-order chi connectivity index (χ1) is 13.2. The fraction of sp³-hybridized carbons (Fsp3) is 0.250. The summed E-state index contributed by atoms with van der Waals surface area (Å²) in [7, 11) is 0. The third-order valence-electron chi connectivity index (χ3n) is 4.77. The van der Waals surface area contributed by atoms with Crippen molar-refractivity contribution < 1.29 is 9.21 Å². The molecule has 1 aliphatic heterocycles. The summed E-state index contributed by atoms with van der Waals surface area (Å²) in [6.07, 6.45) is 5.35. The van der Waals surface area contributed by atoms with Crippen LogP contribution in [0, 0.1) is 18.3 Å². The van der Waals surface area contributed by atoms with E-state index in [4.69, 9.17) is 4.42 Å². The second kappa shape index (κ2) is 7.00. The van der Waals surface area contributed by atoms with Gasteiger partial charge < -0.3 is 14.2 Å². The number of pyridine rings is 1. The van der Waals surface area contributed by atoms with Crippen LogP contribution < -0.4 is 4.90 Å². The number of amides is 1. The van der Waals surface area contributed by atoms with Crippen molar-refractivity contribution in [1.82, 2.24) is 14.5 Å². The molecule has 136 valence electrons. The third kappa shape index (κ3) is 3.06. The van der Waals surface area contributed by atoms with E-state index in [0.29, 0.717) is 43.4 Å². The highest BCUT2D eigenvalue weighted by molar-refractivity contribution is 5.98. The third-order valence-corrected chi connectivity index (χ3v) is 4.77. The molecular weight excluding hydrogens is 342 g/mol. The standard InChI is InChI=1S/C20H19N5O2/c1-15-18(16(14-21)20(27-15)25-8-4-5-9-25)19(26)24-12-10-23(11-13-24)17-6-2-3-7-22-17/h2-9H,10-13H2,1H3. The lowest BCUT2D eigenvalue weighted by Crippen LogP contribution is -2.49. The zero-order chi connectivity index (χ0) is 18.8. The molecule has 0 unspecified atom stereocenters. The van der Waals surface area contributed by atoms with Crippen LogP contribution in [0.5, 0.6) is 0 Å². The Morgan fingerprint density at radius 2 is 1.89 bits per heavy atom. The van der Waals surface area contributed by atoms with Gasteiger partial charge in [0.25, 0.3) is 5.91 Å². The van der Waals surface area contributed by atoms with Gasteiger partial charge in [-0.25, -0.2) is 4.98 Å². The molecule has 0 bridgehead atoms. The van der Waals surface area contributed by atoms with Gasteiger partial charge >= 0.3 is 0 Å². The molecule has 0 radical (unpaired) electrons. The van der Waals surface area contributed by atoms with Crippen LogP contribution in [-0.2, 0) is 0 Å². The molecule has 1 amide bonds. The van der Waals surface area contributed by atoms with Crippen LogP contribution in [0.3, 0.4) is 0 Å². The molecule has 0 aromatic carbocycles. The van der Waals surface area contributed by atoms with Crippen LogP contribution in [0.1, 0.15) is 21.7 Å². The van der Waals surface area contributed by atoms with Gasteiger partial charge in [-0.3, -0.25) is 9.36 Å². The van der Waals surface area contributed by atoms with Crippen LogP contribution in [0.4, 0.5) is 5.82 Å². The molecule has 0 atom stereocenters. The van der Waals surface area contributed by atoms with Crippen molar-refractivity contribution in [3.8, 4) is 12.0 Å². The van der Waals surface area contributed by atoms with Crippen molar-refractivity contribution in [3.05, 3.63) is 65.8 Å². The van der Waals surface area contributed by atoms with Gasteiger partial charge in [0.05, 0.1) is 0 Å². The lowest BCUT2D eigenvalue weighted by atomic mass is 10.1. The Morgan fingerprint density at radius 3 is 2.52 bits per heavy atom. The monoisotopic (exact) mass is 361 g/mol. The molecule has 0 saturated carbocycles. The van der Waals surface area contributed by atoms with Gasteiger partial charge in [-0.15, -0.1) is 0 Å². The van der Waals surface area contributed by atoms with Crippen molar-refractivity contribution >= 4 is 11.7 Å². The number of aryl methyl sites for hydroxylation is 1. The summed E-state index contributed by atoms with van der Waals surface area (Å²) in [5.74, 6) is 1.60. The second-order valence-corrected chi connectivity index (χ2v) is 6.38. The number of furan rings is 1. The number of anilines is 1. The smallest absolute Gasteiger partial charge is 0.258 e. The van der Waals surface area contributed by atoms with E-state index in [2.05, 4.69) is 16.0 Å². The van der Waals surface area contributed by atoms with Crippen LogP contribution in [0.15, 0.2) is 53.3 Å². The molecule has 27 heavy (non-hydrogen) atoms. The summed E-state index contributed by atoms with van der Waals surface area (Å²) in [5, 5.41) is 9.64. The van der Waals surface area contributed by atoms with Crippen molar-refractivity contribution in [1.29, 1.82) is 5.26 Å². The first kappa shape index (κ1) is 16.9. The molecule has 0 spiro atoms. The fourth-order valence-corrected chi connectivity index (χ4v) is 3.38. The SMILES string of the molecule is Cc1oc(-n2cccc2)c(C#N)c1C(=O)N1CCN(c2ccccn2)CC1. The lowest BCUT2D eigenvalue weighted by molar-refractivity contribution is 0.0744. The van der Waals surface area contributed by atoms with E-state index in [1.165, 1.54) is 0 Å². The van der Waals surface area contributed by atoms with E-state index < -0.39 is 0 Å². The maximum atomic E-state index is 13.1. The summed E-state index contributed by atoms with van der Waals surface area (Å²) in [4.78, 5) is 21.4. The number of carbonyl (C=O) groups is 1. The molecule has 1 fully saturated rings. The number of carbonyl (C=O) groups excluding carboxylic acids is 1. The number of aromatic nitrogens is 2. The fourth-order valence-electron chi connectivity index (χ4n) is 3.38. The van der Waals surface area contributed by atoms with Gasteiger partial charge in [-0.2, -0.15) is 5.26 Å². The number of rotatable bonds is 3. The van der Waals surface area contributed by atoms with Gasteiger partial charge in [-0.05, 0) is 31.2 Å². The quantitative estimate of drug-likeness (QED) is 0.716. The van der Waals surface area contributed by atoms with Crippen molar-refractivity contribution in [3.63, 3.8) is 0 Å². The largest absolute Gasteiger partial charge is 0.443 e. The predicted molar refractivity (Wildman–Crippen MR) is 99.8 cm³/mol. The Kier molecular flexibility index (Phi) is 4.38. The molecule has 7 heteroatoms. The van der Waals surface area contributed by atoms with Crippen molar-refractivity contribution in [2.24, 2.45) is 0 Å². The van der Waals surface area contributed by atoms with Gasteiger partial charge in [0.15, 0.2) is 0 Å². The summed E-state index contributed by atoms with van der Waals surface area (Å²) in [6.45, 7) is 4.27. The van der Waals surface area contributed by atoms with Crippen molar-refractivity contribution in [2.45, 2.75) is 6.92 Å². The summed E-state index contributed by atoms with van der Waals surface area (Å²) in [6, 6.07) is 11.6. The van der Waals surface area contributed by atoms with Crippen LogP contribution in [-0.4, -0.2) is 46.5 Å². The Hall–Kier alpha value is -3.53. The van der Waals surface area contributed by atoms with Gasteiger partial charge in [0.2, 0.25) is 5.88 Å². The van der Waals surface area contributed by atoms with Gasteiger partial charge in [0.1, 0.15) is 28.8 Å². The average molecular weight is 361 g/mol. The van der Waals surface area contributed by atoms with Gasteiger partial charge in [0, 0.05) is 44.8 Å². The molecule has 4 rings (SSSR count). The molecule has 0 aliphatic carbocycles. The predicted octanol–water partition coefficient (Wildman–Crippen LogP) is 2.61. The number of hydrogen-bond donors (Lipinski definition) is 0. The number of piperazine rings is 1. The van der Waals surface area contributed by atoms with E-state index >= 15 is 0 Å². The van der Waals surface area contributed by atoms with Crippen LogP contribution in [0.25, 0.3) is 5.88 Å². The molecule has 1 saturated heterocycles. The molecule has 7 nitrogen and oxygen atoms in total. The van der Waals surface area contributed by atoms with E-state index in [1.807, 2.05) is 30.3 Å². The van der Waals surface area contributed by atoms with Crippen molar-refractivity contribution in [2.75, 3.05) is 31.1 Å². The summed E-state index contributed by atoms with van der Waals surface area (Å²) >= 11 is 0. The number of hydrogen-bond acceptors (Lipinski definition) is 5. The van der Waals surface area contributed by atoms with Crippen LogP contribution in [0.2, 0.25) is 0 Å². The minimum Gasteiger partial charge on any atom is -0.443 e. The second-order valence-electron chi connectivity index (χ2n) is 6.38. The minimum absolute atomic E-state index is 0.160. The van der Waals surface area contributed by atoms with Gasteiger partial charge in [-0.1, -0.05) is 6.07 Å². The van der Waals surface area contributed by atoms with E-state index in [9.17, 15) is 10.1 Å². The van der Waals surface area contributed by atoms with E-state index in [1.54, 1.807) is 35.0 Å². The molecule has 3 aromatic heterocycles. The first-order valence-corrected chi connectivity index (χ1v) is 8.81. The Balaban J connectivity index is 1.55. The van der Waals surface area contributed by atoms with E-state index in [0.717, 1.165) is 5.82 Å². The molecule has 1 aliphatic rings. The molecular formula is C20H19N5O2. The Morgan fingerprint density at radius 1 is 1.15 bits per heavy atom. The zero-order valence-electron chi connectivity index (χ0n) is 15.0. The number of nitrogens with zero attached hydrogens (tertiary/aromatic N) is 5. The number of nitriles is 1. The highest BCUT2D eigenvalue weighted by atomic mass is 16.4. The normalized spacial score (nSPS) is 14.2. The molecule has 4 heterocycles. The Bertz CT molecular complexity index is 978. The lowest BCUT2D eigenvalue weighted by Gasteiger charge is -2.35. The maximum absolute atomic E-state index is 13.1. The first-order valence-electron chi connectivity index (χ1n) is 8.81. The zero-order valence-corrected chi connectivity index (χ0v) is 15.0. The topological polar surface area (TPSA) is 78.3 Å². The highest BCUT2D eigenvalue weighted by Crippen LogP contribution is 2.27. The Labute approximate surface area is 157 Å². The van der Waals surface area contributed by atoms with Crippen LogP contribution >= 0.6 is 0 Å². The summed E-state index contributed by atoms with van der Waals surface area (Å²) in [5.41, 5.74) is 0.633. The average Bonchev–Trinajstić information content (AvgIpc) is 3.35. The maximum Gasteiger partial charge on any atom is 0.258 e. The molecule has 0 N–H and O–H groups in total. The van der Waals surface area contributed by atoms with E-state index in [-0.39, 0.29) is 11.5 Å². The highest BCUT2D eigenvalue weighted by Gasteiger charge is 2.30. The summed E-state index contributed by atoms with van der Waals surface area (Å²) < 4.78 is 7.47. The minimum atomic E-state index is -0.160.